The van der Waals surface area contributed by atoms with Crippen molar-refractivity contribution < 1.29 is 18.6 Å². The second-order valence-electron chi connectivity index (χ2n) is 7.52. The van der Waals surface area contributed by atoms with Gasteiger partial charge in [0.1, 0.15) is 0 Å². The molecule has 0 saturated heterocycles. The first-order valence-electron chi connectivity index (χ1n) is 9.92. The smallest absolute Gasteiger partial charge is 0.261 e. The summed E-state index contributed by atoms with van der Waals surface area (Å²) < 4.78 is 28.1. The van der Waals surface area contributed by atoms with Crippen LogP contribution in [0.15, 0.2) is 83.8 Å². The molecule has 0 saturated carbocycles. The van der Waals surface area contributed by atoms with E-state index in [-0.39, 0.29) is 4.90 Å². The van der Waals surface area contributed by atoms with Gasteiger partial charge in [-0.2, -0.15) is 0 Å². The Morgan fingerprint density at radius 3 is 2.20 bits per heavy atom. The number of aryl methyl sites for hydroxylation is 2. The summed E-state index contributed by atoms with van der Waals surface area (Å²) in [4.78, 5) is 0.148. The van der Waals surface area contributed by atoms with Crippen molar-refractivity contribution in [3.8, 4) is 0 Å². The van der Waals surface area contributed by atoms with Crippen LogP contribution in [0, 0.1) is 12.8 Å². The lowest BCUT2D eigenvalue weighted by Crippen LogP contribution is -2.23. The maximum atomic E-state index is 12.8. The molecule has 0 aliphatic rings. The highest BCUT2D eigenvalue weighted by atomic mass is 32.2. The molecule has 0 aromatic heterocycles. The van der Waals surface area contributed by atoms with E-state index >= 15 is 0 Å². The van der Waals surface area contributed by atoms with Gasteiger partial charge in [-0.05, 0) is 61.6 Å². The van der Waals surface area contributed by atoms with Gasteiger partial charge in [-0.1, -0.05) is 60.2 Å². The predicted octanol–water partition coefficient (Wildman–Crippen LogP) is 3.90. The summed E-state index contributed by atoms with van der Waals surface area (Å²) in [5, 5.41) is 19.6. The van der Waals surface area contributed by atoms with Crippen molar-refractivity contribution in [1.82, 2.24) is 0 Å². The van der Waals surface area contributed by atoms with Crippen LogP contribution < -0.4 is 4.72 Å². The molecule has 1 atom stereocenters. The van der Waals surface area contributed by atoms with Crippen molar-refractivity contribution in [2.24, 2.45) is 5.92 Å². The predicted molar refractivity (Wildman–Crippen MR) is 119 cm³/mol. The van der Waals surface area contributed by atoms with Gasteiger partial charge in [0.15, 0.2) is 6.29 Å². The first-order valence-corrected chi connectivity index (χ1v) is 11.4. The topological polar surface area (TPSA) is 86.6 Å². The van der Waals surface area contributed by atoms with Gasteiger partial charge in [-0.15, -0.1) is 0 Å². The fourth-order valence-corrected chi connectivity index (χ4v) is 4.46. The molecule has 3 aromatic rings. The average molecular weight is 426 g/mol. The van der Waals surface area contributed by atoms with E-state index in [2.05, 4.69) is 4.72 Å². The largest absolute Gasteiger partial charge is 0.368 e. The third kappa shape index (κ3) is 6.16. The first-order chi connectivity index (χ1) is 14.3. The van der Waals surface area contributed by atoms with Crippen molar-refractivity contribution in [2.75, 3.05) is 4.72 Å². The van der Waals surface area contributed by atoms with Crippen molar-refractivity contribution in [2.45, 2.75) is 37.4 Å². The third-order valence-corrected chi connectivity index (χ3v) is 6.46. The summed E-state index contributed by atoms with van der Waals surface area (Å²) in [5.74, 6) is -0.395. The number of rotatable bonds is 9. The Labute approximate surface area is 178 Å². The van der Waals surface area contributed by atoms with Crippen molar-refractivity contribution >= 4 is 15.7 Å². The molecule has 6 heteroatoms. The van der Waals surface area contributed by atoms with E-state index in [0.717, 1.165) is 23.1 Å². The highest BCUT2D eigenvalue weighted by molar-refractivity contribution is 7.92. The molecule has 0 aliphatic heterocycles. The maximum Gasteiger partial charge on any atom is 0.261 e. The second-order valence-corrected chi connectivity index (χ2v) is 9.20. The van der Waals surface area contributed by atoms with Crippen LogP contribution in [0.3, 0.4) is 0 Å². The van der Waals surface area contributed by atoms with E-state index in [9.17, 15) is 18.6 Å². The summed E-state index contributed by atoms with van der Waals surface area (Å²) in [5.41, 5.74) is 3.41. The van der Waals surface area contributed by atoms with Crippen molar-refractivity contribution in [1.29, 1.82) is 0 Å². The monoisotopic (exact) mass is 425 g/mol. The highest BCUT2D eigenvalue weighted by Gasteiger charge is 2.20. The zero-order valence-corrected chi connectivity index (χ0v) is 17.7. The molecule has 0 aliphatic carbocycles. The highest BCUT2D eigenvalue weighted by Crippen LogP contribution is 2.22. The Morgan fingerprint density at radius 2 is 1.53 bits per heavy atom. The summed E-state index contributed by atoms with van der Waals surface area (Å²) in [6, 6.07) is 23.6. The SMILES string of the molecule is Cc1ccc(NS(=O)(=O)c2cccc(CC(CCc3ccccc3)C(O)O)c2)cc1. The minimum Gasteiger partial charge on any atom is -0.368 e. The number of anilines is 1. The molecule has 3 N–H and O–H groups in total. The molecule has 0 amide bonds. The van der Waals surface area contributed by atoms with Gasteiger partial charge in [-0.25, -0.2) is 8.42 Å². The fourth-order valence-electron chi connectivity index (χ4n) is 3.33. The number of sulfonamides is 1. The molecule has 3 aromatic carbocycles. The van der Waals surface area contributed by atoms with Gasteiger partial charge < -0.3 is 10.2 Å². The Bertz CT molecular complexity index is 1050. The zero-order valence-electron chi connectivity index (χ0n) is 16.9. The van der Waals surface area contributed by atoms with E-state index < -0.39 is 22.2 Å². The number of nitrogens with one attached hydrogen (secondary N) is 1. The molecule has 0 fully saturated rings. The molecule has 0 spiro atoms. The molecule has 1 unspecified atom stereocenters. The third-order valence-electron chi connectivity index (χ3n) is 5.08. The van der Waals surface area contributed by atoms with Crippen LogP contribution in [-0.4, -0.2) is 24.9 Å². The van der Waals surface area contributed by atoms with Crippen LogP contribution in [0.5, 0.6) is 0 Å². The van der Waals surface area contributed by atoms with Crippen LogP contribution in [0.4, 0.5) is 5.69 Å². The Balaban J connectivity index is 1.71. The van der Waals surface area contributed by atoms with Crippen LogP contribution in [0.1, 0.15) is 23.1 Å². The van der Waals surface area contributed by atoms with Gasteiger partial charge in [0.25, 0.3) is 10.0 Å². The molecular formula is C24H27NO4S. The van der Waals surface area contributed by atoms with E-state index in [1.165, 1.54) is 6.07 Å². The van der Waals surface area contributed by atoms with Crippen LogP contribution >= 0.6 is 0 Å². The van der Waals surface area contributed by atoms with Crippen LogP contribution in [-0.2, 0) is 22.9 Å². The van der Waals surface area contributed by atoms with Gasteiger partial charge in [0.05, 0.1) is 4.90 Å². The van der Waals surface area contributed by atoms with Gasteiger partial charge in [0, 0.05) is 11.6 Å². The number of benzene rings is 3. The number of hydrogen-bond donors (Lipinski definition) is 3. The maximum absolute atomic E-state index is 12.8. The quantitative estimate of drug-likeness (QED) is 0.454. The normalized spacial score (nSPS) is 12.7. The summed E-state index contributed by atoms with van der Waals surface area (Å²) >= 11 is 0. The minimum atomic E-state index is -3.73. The van der Waals surface area contributed by atoms with Gasteiger partial charge in [-0.3, -0.25) is 4.72 Å². The van der Waals surface area contributed by atoms with Crippen LogP contribution in [0.2, 0.25) is 0 Å². The van der Waals surface area contributed by atoms with E-state index in [1.807, 2.05) is 55.5 Å². The summed E-state index contributed by atoms with van der Waals surface area (Å²) in [6.07, 6.45) is 0.203. The van der Waals surface area contributed by atoms with Crippen molar-refractivity contribution in [3.05, 3.63) is 95.6 Å². The fraction of sp³-hybridized carbons (Fsp3) is 0.250. The second kappa shape index (κ2) is 9.89. The van der Waals surface area contributed by atoms with Gasteiger partial charge >= 0.3 is 0 Å². The Hall–Kier alpha value is -2.67. The lowest BCUT2D eigenvalue weighted by atomic mass is 9.92. The number of aliphatic hydroxyl groups is 2. The minimum absolute atomic E-state index is 0.148. The lowest BCUT2D eigenvalue weighted by molar-refractivity contribution is -0.0854. The van der Waals surface area contributed by atoms with Gasteiger partial charge in [0.2, 0.25) is 0 Å². The number of hydrogen-bond acceptors (Lipinski definition) is 4. The average Bonchev–Trinajstić information content (AvgIpc) is 2.73. The number of aliphatic hydroxyl groups excluding tert-OH is 1. The van der Waals surface area contributed by atoms with E-state index in [4.69, 9.17) is 0 Å². The molecule has 30 heavy (non-hydrogen) atoms. The first kappa shape index (κ1) is 22.0. The standard InChI is InChI=1S/C24H27NO4S/c1-18-10-14-22(15-11-18)25-30(28,29)23-9-5-8-20(17-23)16-21(24(26)27)13-12-19-6-3-2-4-7-19/h2-11,14-15,17,21,24-27H,12-13,16H2,1H3. The Morgan fingerprint density at radius 1 is 0.867 bits per heavy atom. The van der Waals surface area contributed by atoms with E-state index in [0.29, 0.717) is 18.5 Å². The van der Waals surface area contributed by atoms with Crippen molar-refractivity contribution in [3.63, 3.8) is 0 Å². The molecule has 158 valence electrons. The zero-order chi connectivity index (χ0) is 21.6. The van der Waals surface area contributed by atoms with Crippen LogP contribution in [0.25, 0.3) is 0 Å². The molecule has 5 nitrogen and oxygen atoms in total. The molecular weight excluding hydrogens is 398 g/mol. The van der Waals surface area contributed by atoms with E-state index in [1.54, 1.807) is 24.3 Å². The summed E-state index contributed by atoms with van der Waals surface area (Å²) in [6.45, 7) is 1.94. The summed E-state index contributed by atoms with van der Waals surface area (Å²) in [7, 11) is -3.73. The lowest BCUT2D eigenvalue weighted by Gasteiger charge is -2.19. The molecule has 0 bridgehead atoms. The molecule has 0 heterocycles. The Kier molecular flexibility index (Phi) is 7.26. The molecule has 3 rings (SSSR count). The molecule has 0 radical (unpaired) electrons.